The molecule has 0 aliphatic carbocycles. The number of rotatable bonds is 5. The topological polar surface area (TPSA) is 102 Å². The summed E-state index contributed by atoms with van der Waals surface area (Å²) in [4.78, 5) is 12.5. The number of nitro groups is 1. The SMILES string of the molecule is Nc1cc(N2CCC(OCCO)CC2)cc([N+](=O)[O-])c1. The van der Waals surface area contributed by atoms with Crippen LogP contribution in [0.5, 0.6) is 0 Å². The number of anilines is 2. The fourth-order valence-corrected chi connectivity index (χ4v) is 2.41. The lowest BCUT2D eigenvalue weighted by Crippen LogP contribution is -2.37. The highest BCUT2D eigenvalue weighted by molar-refractivity contribution is 5.62. The summed E-state index contributed by atoms with van der Waals surface area (Å²) in [5.74, 6) is 0. The first-order chi connectivity index (χ1) is 9.60. The van der Waals surface area contributed by atoms with Gasteiger partial charge in [-0.1, -0.05) is 0 Å². The Hall–Kier alpha value is -1.86. The summed E-state index contributed by atoms with van der Waals surface area (Å²) in [6, 6.07) is 4.66. The molecule has 0 bridgehead atoms. The Kier molecular flexibility index (Phi) is 4.75. The van der Waals surface area contributed by atoms with Crippen LogP contribution in [-0.4, -0.2) is 42.4 Å². The number of nitrogens with zero attached hydrogens (tertiary/aromatic N) is 2. The molecule has 1 heterocycles. The molecule has 20 heavy (non-hydrogen) atoms. The van der Waals surface area contributed by atoms with Crippen molar-refractivity contribution in [3.63, 3.8) is 0 Å². The molecule has 0 aromatic heterocycles. The van der Waals surface area contributed by atoms with Crippen molar-refractivity contribution in [2.24, 2.45) is 0 Å². The van der Waals surface area contributed by atoms with Gasteiger partial charge in [0.25, 0.3) is 5.69 Å². The minimum absolute atomic E-state index is 0.0126. The van der Waals surface area contributed by atoms with E-state index in [0.717, 1.165) is 31.6 Å². The predicted octanol–water partition coefficient (Wildman–Crippen LogP) is 1.15. The molecule has 0 unspecified atom stereocenters. The minimum Gasteiger partial charge on any atom is -0.398 e. The van der Waals surface area contributed by atoms with Gasteiger partial charge in [-0.05, 0) is 18.9 Å². The first kappa shape index (κ1) is 14.5. The van der Waals surface area contributed by atoms with Crippen LogP contribution in [0.1, 0.15) is 12.8 Å². The number of ether oxygens (including phenoxy) is 1. The summed E-state index contributed by atoms with van der Waals surface area (Å²) in [5.41, 5.74) is 6.90. The third-order valence-corrected chi connectivity index (χ3v) is 3.39. The molecule has 3 N–H and O–H groups in total. The average molecular weight is 281 g/mol. The van der Waals surface area contributed by atoms with Gasteiger partial charge in [-0.15, -0.1) is 0 Å². The Bertz CT molecular complexity index is 473. The van der Waals surface area contributed by atoms with Gasteiger partial charge in [-0.3, -0.25) is 10.1 Å². The van der Waals surface area contributed by atoms with E-state index in [9.17, 15) is 10.1 Å². The molecule has 7 nitrogen and oxygen atoms in total. The molecule has 1 aliphatic heterocycles. The van der Waals surface area contributed by atoms with Gasteiger partial charge in [0.05, 0.1) is 24.2 Å². The van der Waals surface area contributed by atoms with Gasteiger partial charge in [0, 0.05) is 36.6 Å². The number of nitrogens with two attached hydrogens (primary N) is 1. The van der Waals surface area contributed by atoms with E-state index in [2.05, 4.69) is 4.90 Å². The van der Waals surface area contributed by atoms with E-state index in [1.165, 1.54) is 6.07 Å². The number of piperidine rings is 1. The lowest BCUT2D eigenvalue weighted by Gasteiger charge is -2.33. The van der Waals surface area contributed by atoms with Gasteiger partial charge < -0.3 is 20.5 Å². The van der Waals surface area contributed by atoms with Crippen LogP contribution in [0.4, 0.5) is 17.1 Å². The minimum atomic E-state index is -0.434. The maximum atomic E-state index is 10.8. The summed E-state index contributed by atoms with van der Waals surface area (Å²) < 4.78 is 5.49. The monoisotopic (exact) mass is 281 g/mol. The van der Waals surface area contributed by atoms with Crippen molar-refractivity contribution >= 4 is 17.1 Å². The molecule has 0 amide bonds. The summed E-state index contributed by atoms with van der Waals surface area (Å²) in [6.07, 6.45) is 1.82. The molecule has 1 fully saturated rings. The number of hydrogen-bond acceptors (Lipinski definition) is 6. The fraction of sp³-hybridized carbons (Fsp3) is 0.538. The molecule has 7 heteroatoms. The van der Waals surface area contributed by atoms with Crippen molar-refractivity contribution in [3.05, 3.63) is 28.3 Å². The van der Waals surface area contributed by atoms with Crippen molar-refractivity contribution in [2.75, 3.05) is 36.9 Å². The number of benzene rings is 1. The van der Waals surface area contributed by atoms with Gasteiger partial charge in [0.1, 0.15) is 0 Å². The lowest BCUT2D eigenvalue weighted by molar-refractivity contribution is -0.384. The van der Waals surface area contributed by atoms with Crippen LogP contribution in [0.25, 0.3) is 0 Å². The van der Waals surface area contributed by atoms with Crippen molar-refractivity contribution in [3.8, 4) is 0 Å². The Balaban J connectivity index is 2.01. The molecule has 2 rings (SSSR count). The van der Waals surface area contributed by atoms with Crippen molar-refractivity contribution in [1.82, 2.24) is 0 Å². The number of hydrogen-bond donors (Lipinski definition) is 2. The van der Waals surface area contributed by atoms with Crippen LogP contribution in [0.3, 0.4) is 0 Å². The molecule has 1 aromatic carbocycles. The van der Waals surface area contributed by atoms with E-state index < -0.39 is 4.92 Å². The largest absolute Gasteiger partial charge is 0.398 e. The van der Waals surface area contributed by atoms with E-state index in [-0.39, 0.29) is 18.4 Å². The van der Waals surface area contributed by atoms with Crippen LogP contribution in [-0.2, 0) is 4.74 Å². The van der Waals surface area contributed by atoms with Crippen LogP contribution >= 0.6 is 0 Å². The molecular weight excluding hydrogens is 262 g/mol. The molecule has 1 aliphatic rings. The third kappa shape index (κ3) is 3.58. The summed E-state index contributed by atoms with van der Waals surface area (Å²) in [7, 11) is 0. The zero-order valence-corrected chi connectivity index (χ0v) is 11.2. The lowest BCUT2D eigenvalue weighted by atomic mass is 10.1. The molecule has 0 atom stereocenters. The maximum absolute atomic E-state index is 10.8. The van der Waals surface area contributed by atoms with E-state index in [1.807, 2.05) is 0 Å². The van der Waals surface area contributed by atoms with Crippen molar-refractivity contribution in [1.29, 1.82) is 0 Å². The Morgan fingerprint density at radius 1 is 1.40 bits per heavy atom. The second kappa shape index (κ2) is 6.53. The predicted molar refractivity (Wildman–Crippen MR) is 75.8 cm³/mol. The van der Waals surface area contributed by atoms with Crippen molar-refractivity contribution < 1.29 is 14.8 Å². The second-order valence-corrected chi connectivity index (χ2v) is 4.82. The molecule has 1 saturated heterocycles. The van der Waals surface area contributed by atoms with Crippen LogP contribution < -0.4 is 10.6 Å². The summed E-state index contributed by atoms with van der Waals surface area (Å²) in [6.45, 7) is 1.91. The van der Waals surface area contributed by atoms with Crippen LogP contribution in [0.2, 0.25) is 0 Å². The van der Waals surface area contributed by atoms with E-state index in [1.54, 1.807) is 12.1 Å². The average Bonchev–Trinajstić information content (AvgIpc) is 2.45. The molecule has 0 saturated carbocycles. The number of aliphatic hydroxyl groups is 1. The Morgan fingerprint density at radius 2 is 2.10 bits per heavy atom. The highest BCUT2D eigenvalue weighted by atomic mass is 16.6. The second-order valence-electron chi connectivity index (χ2n) is 4.82. The van der Waals surface area contributed by atoms with E-state index in [4.69, 9.17) is 15.6 Å². The first-order valence-electron chi connectivity index (χ1n) is 6.62. The van der Waals surface area contributed by atoms with E-state index in [0.29, 0.717) is 12.3 Å². The number of aliphatic hydroxyl groups excluding tert-OH is 1. The highest BCUT2D eigenvalue weighted by Gasteiger charge is 2.21. The summed E-state index contributed by atoms with van der Waals surface area (Å²) in [5, 5.41) is 19.6. The number of nitro benzene ring substituents is 1. The number of non-ortho nitro benzene ring substituents is 1. The van der Waals surface area contributed by atoms with Gasteiger partial charge >= 0.3 is 0 Å². The van der Waals surface area contributed by atoms with Crippen LogP contribution in [0, 0.1) is 10.1 Å². The molecule has 0 radical (unpaired) electrons. The van der Waals surface area contributed by atoms with Crippen molar-refractivity contribution in [2.45, 2.75) is 18.9 Å². The number of nitrogen functional groups attached to an aromatic ring is 1. The Morgan fingerprint density at radius 3 is 2.70 bits per heavy atom. The maximum Gasteiger partial charge on any atom is 0.273 e. The summed E-state index contributed by atoms with van der Waals surface area (Å²) >= 11 is 0. The smallest absolute Gasteiger partial charge is 0.273 e. The molecule has 110 valence electrons. The quantitative estimate of drug-likeness (QED) is 0.477. The van der Waals surface area contributed by atoms with Crippen LogP contribution in [0.15, 0.2) is 18.2 Å². The normalized spacial score (nSPS) is 16.4. The van der Waals surface area contributed by atoms with Gasteiger partial charge in [-0.25, -0.2) is 0 Å². The molecular formula is C13H19N3O4. The zero-order valence-electron chi connectivity index (χ0n) is 11.2. The molecule has 0 spiro atoms. The standard InChI is InChI=1S/C13H19N3O4/c14-10-7-11(9-12(8-10)16(18)19)15-3-1-13(2-4-15)20-6-5-17/h7-9,13,17H,1-6,14H2. The van der Waals surface area contributed by atoms with Gasteiger partial charge in [-0.2, -0.15) is 0 Å². The first-order valence-corrected chi connectivity index (χ1v) is 6.62. The third-order valence-electron chi connectivity index (χ3n) is 3.39. The molecule has 1 aromatic rings. The zero-order chi connectivity index (χ0) is 14.5. The fourth-order valence-electron chi connectivity index (χ4n) is 2.41. The van der Waals surface area contributed by atoms with E-state index >= 15 is 0 Å². The van der Waals surface area contributed by atoms with Gasteiger partial charge in [0.2, 0.25) is 0 Å². The Labute approximate surface area is 117 Å². The van der Waals surface area contributed by atoms with Gasteiger partial charge in [0.15, 0.2) is 0 Å². The highest BCUT2D eigenvalue weighted by Crippen LogP contribution is 2.28.